The van der Waals surface area contributed by atoms with E-state index in [-0.39, 0.29) is 18.1 Å². The van der Waals surface area contributed by atoms with Gasteiger partial charge in [-0.3, -0.25) is 14.6 Å². The number of para-hydroxylation sites is 1. The summed E-state index contributed by atoms with van der Waals surface area (Å²) < 4.78 is 5.46. The van der Waals surface area contributed by atoms with E-state index < -0.39 is 5.97 Å². The van der Waals surface area contributed by atoms with Crippen LogP contribution in [0.25, 0.3) is 0 Å². The topological polar surface area (TPSA) is 73.3 Å². The maximum atomic E-state index is 12.1. The van der Waals surface area contributed by atoms with Crippen LogP contribution in [0, 0.1) is 0 Å². The van der Waals surface area contributed by atoms with Crippen LogP contribution in [0.5, 0.6) is 5.75 Å². The number of amides is 1. The summed E-state index contributed by atoms with van der Waals surface area (Å²) in [6, 6.07) is 7.63. The van der Waals surface area contributed by atoms with Gasteiger partial charge in [-0.15, -0.1) is 0 Å². The highest BCUT2D eigenvalue weighted by Crippen LogP contribution is 2.33. The highest BCUT2D eigenvalue weighted by atomic mass is 16.5. The van der Waals surface area contributed by atoms with Crippen LogP contribution in [0.3, 0.4) is 0 Å². The first-order valence-electron chi connectivity index (χ1n) is 9.50. The number of hydrogen-bond donors (Lipinski definition) is 1. The molecule has 2 heterocycles. The molecular weight excluding hydrogens is 346 g/mol. The molecule has 1 aromatic carbocycles. The van der Waals surface area contributed by atoms with Crippen LogP contribution < -0.4 is 4.74 Å². The zero-order valence-electron chi connectivity index (χ0n) is 16.2. The molecule has 27 heavy (non-hydrogen) atoms. The Hall–Kier alpha value is -2.12. The summed E-state index contributed by atoms with van der Waals surface area (Å²) in [6.07, 6.45) is 2.44. The lowest BCUT2D eigenvalue weighted by Crippen LogP contribution is -2.60. The maximum Gasteiger partial charge on any atom is 0.341 e. The van der Waals surface area contributed by atoms with Gasteiger partial charge in [0.1, 0.15) is 5.75 Å². The van der Waals surface area contributed by atoms with Crippen LogP contribution in [0.2, 0.25) is 0 Å². The van der Waals surface area contributed by atoms with Crippen LogP contribution >= 0.6 is 0 Å². The van der Waals surface area contributed by atoms with Gasteiger partial charge in [0.05, 0.1) is 0 Å². The number of carboxylic acids is 1. The first kappa shape index (κ1) is 19.6. The van der Waals surface area contributed by atoms with Gasteiger partial charge in [-0.2, -0.15) is 0 Å². The van der Waals surface area contributed by atoms with Crippen molar-refractivity contribution in [3.05, 3.63) is 29.8 Å². The molecule has 0 aliphatic carbocycles. The summed E-state index contributed by atoms with van der Waals surface area (Å²) >= 11 is 0. The molecule has 2 saturated heterocycles. The normalized spacial score (nSPS) is 24.8. The first-order valence-corrected chi connectivity index (χ1v) is 9.50. The number of rotatable bonds is 5. The van der Waals surface area contributed by atoms with E-state index >= 15 is 0 Å². The minimum Gasteiger partial charge on any atom is -0.482 e. The number of carboxylic acid groups (broad SMARTS) is 1. The summed E-state index contributed by atoms with van der Waals surface area (Å²) in [7, 11) is 4.05. The summed E-state index contributed by atoms with van der Waals surface area (Å²) in [5.74, 6) is -0.121. The van der Waals surface area contributed by atoms with Crippen molar-refractivity contribution >= 4 is 11.9 Å². The molecule has 2 aliphatic rings. The molecule has 7 nitrogen and oxygen atoms in total. The second-order valence-corrected chi connectivity index (χ2v) is 7.71. The Bertz CT molecular complexity index is 696. The number of carbonyl (C=O) groups excluding carboxylic acids is 1. The van der Waals surface area contributed by atoms with E-state index in [1.165, 1.54) is 0 Å². The summed E-state index contributed by atoms with van der Waals surface area (Å²) in [6.45, 7) is 3.96. The molecule has 0 bridgehead atoms. The molecule has 0 aromatic heterocycles. The Morgan fingerprint density at radius 2 is 1.96 bits per heavy atom. The van der Waals surface area contributed by atoms with E-state index in [1.54, 1.807) is 0 Å². The molecule has 1 aromatic rings. The van der Waals surface area contributed by atoms with Crippen molar-refractivity contribution < 1.29 is 19.4 Å². The zero-order valence-corrected chi connectivity index (χ0v) is 16.2. The fraction of sp³-hybridized carbons (Fsp3) is 0.600. The fourth-order valence-corrected chi connectivity index (χ4v) is 4.13. The number of likely N-dealkylation sites (N-methyl/N-ethyl adjacent to an activating group) is 1. The van der Waals surface area contributed by atoms with Crippen LogP contribution in [0.4, 0.5) is 0 Å². The molecular formula is C20H29N3O4. The van der Waals surface area contributed by atoms with E-state index in [4.69, 9.17) is 9.84 Å². The molecule has 148 valence electrons. The van der Waals surface area contributed by atoms with Gasteiger partial charge >= 0.3 is 5.97 Å². The van der Waals surface area contributed by atoms with Crippen molar-refractivity contribution in [2.75, 3.05) is 46.9 Å². The van der Waals surface area contributed by atoms with Gasteiger partial charge < -0.3 is 14.7 Å². The largest absolute Gasteiger partial charge is 0.482 e. The second kappa shape index (κ2) is 8.27. The van der Waals surface area contributed by atoms with Gasteiger partial charge in [0.2, 0.25) is 5.91 Å². The number of carbonyl (C=O) groups is 2. The smallest absolute Gasteiger partial charge is 0.341 e. The Morgan fingerprint density at radius 1 is 1.19 bits per heavy atom. The highest BCUT2D eigenvalue weighted by Gasteiger charge is 2.41. The monoisotopic (exact) mass is 375 g/mol. The zero-order chi connectivity index (χ0) is 19.4. The molecule has 0 unspecified atom stereocenters. The average Bonchev–Trinajstić information content (AvgIpc) is 2.79. The minimum atomic E-state index is -0.976. The number of nitrogens with zero attached hydrogens (tertiary/aromatic N) is 3. The van der Waals surface area contributed by atoms with E-state index in [0.29, 0.717) is 12.2 Å². The molecule has 2 fully saturated rings. The molecule has 1 amide bonds. The average molecular weight is 375 g/mol. The van der Waals surface area contributed by atoms with Gasteiger partial charge in [-0.1, -0.05) is 18.2 Å². The number of aliphatic carboxylic acids is 1. The van der Waals surface area contributed by atoms with Gasteiger partial charge in [0.25, 0.3) is 0 Å². The lowest BCUT2D eigenvalue weighted by Gasteiger charge is -2.49. The summed E-state index contributed by atoms with van der Waals surface area (Å²) in [4.78, 5) is 29.6. The molecule has 2 aliphatic heterocycles. The number of likely N-dealkylation sites (tertiary alicyclic amines) is 1. The van der Waals surface area contributed by atoms with E-state index in [1.807, 2.05) is 36.2 Å². The van der Waals surface area contributed by atoms with Gasteiger partial charge in [0, 0.05) is 57.3 Å². The first-order chi connectivity index (χ1) is 12.9. The van der Waals surface area contributed by atoms with Gasteiger partial charge in [-0.25, -0.2) is 4.79 Å². The van der Waals surface area contributed by atoms with E-state index in [2.05, 4.69) is 16.8 Å². The van der Waals surface area contributed by atoms with E-state index in [9.17, 15) is 9.59 Å². The molecule has 1 atom stereocenters. The number of piperazine rings is 1. The number of benzene rings is 1. The molecule has 0 radical (unpaired) electrons. The predicted molar refractivity (Wildman–Crippen MR) is 102 cm³/mol. The van der Waals surface area contributed by atoms with Gasteiger partial charge in [0.15, 0.2) is 6.61 Å². The minimum absolute atomic E-state index is 0.00946. The van der Waals surface area contributed by atoms with Gasteiger partial charge in [-0.05, 0) is 26.0 Å². The second-order valence-electron chi connectivity index (χ2n) is 7.71. The fourth-order valence-electron chi connectivity index (χ4n) is 4.13. The van der Waals surface area contributed by atoms with Crippen molar-refractivity contribution in [1.29, 1.82) is 0 Å². The van der Waals surface area contributed by atoms with Crippen molar-refractivity contribution in [1.82, 2.24) is 14.7 Å². The Balaban J connectivity index is 1.72. The number of hydrogen-bond acceptors (Lipinski definition) is 5. The third-order valence-electron chi connectivity index (χ3n) is 5.94. The van der Waals surface area contributed by atoms with Crippen molar-refractivity contribution in [2.24, 2.45) is 0 Å². The quantitative estimate of drug-likeness (QED) is 0.836. The summed E-state index contributed by atoms with van der Waals surface area (Å²) in [5.41, 5.74) is 1.01. The third kappa shape index (κ3) is 4.59. The standard InChI is InChI=1S/C20H29N3O4/c1-21-10-9-20(8-7-18(21)24)15-23(12-11-22(20)2)13-16-5-3-4-6-17(16)27-14-19(25)26/h3-6H,7-15H2,1-2H3,(H,25,26)/t20-/m0/s1. The van der Waals surface area contributed by atoms with Crippen LogP contribution in [-0.4, -0.2) is 84.1 Å². The van der Waals surface area contributed by atoms with Crippen molar-refractivity contribution in [2.45, 2.75) is 31.3 Å². The molecule has 1 N–H and O–H groups in total. The Morgan fingerprint density at radius 3 is 2.74 bits per heavy atom. The summed E-state index contributed by atoms with van der Waals surface area (Å²) in [5, 5.41) is 8.88. The van der Waals surface area contributed by atoms with E-state index in [0.717, 1.165) is 51.1 Å². The molecule has 1 spiro atoms. The SMILES string of the molecule is CN1CC[C@@]2(CCC1=O)CN(Cc1ccccc1OCC(=O)O)CCN2C. The lowest BCUT2D eigenvalue weighted by atomic mass is 9.86. The lowest BCUT2D eigenvalue weighted by molar-refractivity contribution is -0.139. The van der Waals surface area contributed by atoms with Crippen molar-refractivity contribution in [3.8, 4) is 5.75 Å². The Labute approximate surface area is 160 Å². The highest BCUT2D eigenvalue weighted by molar-refractivity contribution is 5.76. The molecule has 0 saturated carbocycles. The number of ether oxygens (including phenoxy) is 1. The Kier molecular flexibility index (Phi) is 6.01. The molecule has 3 rings (SSSR count). The van der Waals surface area contributed by atoms with Crippen molar-refractivity contribution in [3.63, 3.8) is 0 Å². The maximum absolute atomic E-state index is 12.1. The third-order valence-corrected chi connectivity index (χ3v) is 5.94. The predicted octanol–water partition coefficient (Wildman–Crippen LogP) is 1.28. The van der Waals surface area contributed by atoms with Crippen LogP contribution in [0.15, 0.2) is 24.3 Å². The van der Waals surface area contributed by atoms with Crippen LogP contribution in [-0.2, 0) is 16.1 Å². The van der Waals surface area contributed by atoms with Crippen LogP contribution in [0.1, 0.15) is 24.8 Å². The molecule has 7 heteroatoms.